The number of benzene rings is 1. The van der Waals surface area contributed by atoms with Crippen molar-refractivity contribution in [2.45, 2.75) is 89.2 Å². The fraction of sp³-hybridized carbons (Fsp3) is 0.607. The number of rotatable bonds is 12. The number of anilines is 1. The van der Waals surface area contributed by atoms with Crippen LogP contribution in [0.1, 0.15) is 82.3 Å². The van der Waals surface area contributed by atoms with Crippen molar-refractivity contribution in [3.8, 4) is 0 Å². The van der Waals surface area contributed by atoms with Crippen LogP contribution in [-0.4, -0.2) is 62.8 Å². The third kappa shape index (κ3) is 7.62. The van der Waals surface area contributed by atoms with Gasteiger partial charge in [0, 0.05) is 30.6 Å². The maximum absolute atomic E-state index is 13.8. The Hall–Kier alpha value is -2.61. The van der Waals surface area contributed by atoms with Crippen molar-refractivity contribution < 1.29 is 32.1 Å². The summed E-state index contributed by atoms with van der Waals surface area (Å²) in [7, 11) is -1.72. The van der Waals surface area contributed by atoms with E-state index in [9.17, 15) is 32.1 Å². The molecule has 3 heterocycles. The summed E-state index contributed by atoms with van der Waals surface area (Å²) in [6.45, 7) is 2.63. The van der Waals surface area contributed by atoms with Gasteiger partial charge in [-0.1, -0.05) is 51.5 Å². The van der Waals surface area contributed by atoms with E-state index in [0.29, 0.717) is 31.8 Å². The molecule has 0 aliphatic carbocycles. The minimum atomic E-state index is -4.74. The summed E-state index contributed by atoms with van der Waals surface area (Å²) in [5, 5.41) is 16.5. The molecule has 4 rings (SSSR count). The van der Waals surface area contributed by atoms with Crippen LogP contribution < -0.4 is 15.5 Å². The van der Waals surface area contributed by atoms with E-state index in [1.54, 1.807) is 4.31 Å². The Labute approximate surface area is 240 Å². The van der Waals surface area contributed by atoms with Crippen LogP contribution in [0.5, 0.6) is 0 Å². The first-order valence-corrected chi connectivity index (χ1v) is 15.4. The number of unbranched alkanes of at least 4 members (excludes halogenated alkanes) is 6. The van der Waals surface area contributed by atoms with Crippen molar-refractivity contribution in [3.63, 3.8) is 0 Å². The second-order valence-corrected chi connectivity index (χ2v) is 12.1. The molecule has 2 amide bonds. The van der Waals surface area contributed by atoms with Crippen LogP contribution >= 0.6 is 0 Å². The molecule has 0 saturated carbocycles. The topological polar surface area (TPSA) is 114 Å². The SMILES string of the molecule is CCCCCCCCCC1=NC2(CCN(S(=O)/C=C/c3ccc(N4C(=O)CNC4O)cc3C(F)(F)F)CC2)C(=O)N1. The van der Waals surface area contributed by atoms with Gasteiger partial charge in [0.2, 0.25) is 5.91 Å². The van der Waals surface area contributed by atoms with E-state index in [1.165, 1.54) is 49.6 Å². The van der Waals surface area contributed by atoms with Gasteiger partial charge in [-0.25, -0.2) is 8.51 Å². The molecule has 0 bridgehead atoms. The molecule has 3 aliphatic heterocycles. The van der Waals surface area contributed by atoms with Gasteiger partial charge in [0.25, 0.3) is 5.91 Å². The zero-order valence-corrected chi connectivity index (χ0v) is 24.0. The quantitative estimate of drug-likeness (QED) is 0.315. The number of carbonyl (C=O) groups is 2. The number of carbonyl (C=O) groups excluding carboxylic acids is 2. The van der Waals surface area contributed by atoms with Crippen LogP contribution in [-0.2, 0) is 26.8 Å². The lowest BCUT2D eigenvalue weighted by Crippen LogP contribution is -2.49. The highest BCUT2D eigenvalue weighted by Gasteiger charge is 2.46. The summed E-state index contributed by atoms with van der Waals surface area (Å²) >= 11 is 0. The fourth-order valence-corrected chi connectivity index (χ4v) is 6.38. The average molecular weight is 598 g/mol. The number of aliphatic hydroxyl groups excluding tert-OH is 1. The number of amides is 2. The molecule has 1 spiro atoms. The van der Waals surface area contributed by atoms with E-state index in [2.05, 4.69) is 17.6 Å². The second kappa shape index (κ2) is 13.6. The zero-order chi connectivity index (χ0) is 29.6. The number of hydrogen-bond donors (Lipinski definition) is 3. The number of amidine groups is 1. The smallest absolute Gasteiger partial charge is 0.360 e. The largest absolute Gasteiger partial charge is 0.417 e. The highest BCUT2D eigenvalue weighted by atomic mass is 32.2. The first kappa shape index (κ1) is 31.3. The van der Waals surface area contributed by atoms with E-state index >= 15 is 0 Å². The van der Waals surface area contributed by atoms with Gasteiger partial charge < -0.3 is 10.4 Å². The summed E-state index contributed by atoms with van der Waals surface area (Å²) in [6.07, 6.45) is 4.66. The Balaban J connectivity index is 1.34. The van der Waals surface area contributed by atoms with E-state index in [-0.39, 0.29) is 23.7 Å². The molecule has 9 nitrogen and oxygen atoms in total. The van der Waals surface area contributed by atoms with Gasteiger partial charge in [-0.15, -0.1) is 0 Å². The monoisotopic (exact) mass is 597 g/mol. The van der Waals surface area contributed by atoms with Gasteiger partial charge in [0.15, 0.2) is 6.35 Å². The standard InChI is InChI=1S/C28H38F3N5O4S/c1-2-3-4-5-6-7-8-9-23-33-25(38)27(34-23)13-15-35(16-14-27)41(40)17-12-20-10-11-21(18-22(20)28(29,30)31)36-24(37)19-32-26(36)39/h10-12,17-18,26,32,39H,2-9,13-16,19H2,1H3,(H,33,34,38)/b17-12+. The molecule has 2 saturated heterocycles. The molecule has 3 aliphatic rings. The van der Waals surface area contributed by atoms with Crippen molar-refractivity contribution in [2.75, 3.05) is 24.5 Å². The predicted molar refractivity (Wildman–Crippen MR) is 152 cm³/mol. The van der Waals surface area contributed by atoms with Crippen molar-refractivity contribution >= 4 is 40.4 Å². The van der Waals surface area contributed by atoms with Crippen molar-refractivity contribution in [1.82, 2.24) is 14.9 Å². The second-order valence-electron chi connectivity index (χ2n) is 10.7. The first-order valence-electron chi connectivity index (χ1n) is 14.2. The molecule has 2 unspecified atom stereocenters. The van der Waals surface area contributed by atoms with Gasteiger partial charge in [-0.05, 0) is 43.0 Å². The lowest BCUT2D eigenvalue weighted by molar-refractivity contribution is -0.137. The molecule has 0 radical (unpaired) electrons. The lowest BCUT2D eigenvalue weighted by atomic mass is 9.89. The van der Waals surface area contributed by atoms with Gasteiger partial charge >= 0.3 is 6.18 Å². The number of aliphatic hydroxyl groups is 1. The number of aliphatic imine (C=N–C) groups is 1. The molecule has 13 heteroatoms. The molecular weight excluding hydrogens is 559 g/mol. The Bertz CT molecular complexity index is 1200. The first-order chi connectivity index (χ1) is 19.5. The van der Waals surface area contributed by atoms with Gasteiger partial charge in [-0.2, -0.15) is 13.2 Å². The Morgan fingerprint density at radius 3 is 2.44 bits per heavy atom. The van der Waals surface area contributed by atoms with Crippen LogP contribution in [0.3, 0.4) is 0 Å². The van der Waals surface area contributed by atoms with Crippen LogP contribution in [0, 0.1) is 0 Å². The number of hydrogen-bond acceptors (Lipinski definition) is 6. The summed E-state index contributed by atoms with van der Waals surface area (Å²) in [6, 6.07) is 3.28. The van der Waals surface area contributed by atoms with Crippen LogP contribution in [0.15, 0.2) is 28.6 Å². The molecule has 2 fully saturated rings. The number of nitrogens with one attached hydrogen (secondary N) is 2. The highest BCUT2D eigenvalue weighted by molar-refractivity contribution is 7.85. The minimum Gasteiger partial charge on any atom is -0.360 e. The molecule has 3 N–H and O–H groups in total. The Morgan fingerprint density at radius 1 is 1.12 bits per heavy atom. The molecule has 0 aromatic heterocycles. The number of alkyl halides is 3. The van der Waals surface area contributed by atoms with Gasteiger partial charge in [0.1, 0.15) is 22.4 Å². The summed E-state index contributed by atoms with van der Waals surface area (Å²) < 4.78 is 56.1. The Kier molecular flexibility index (Phi) is 10.4. The van der Waals surface area contributed by atoms with E-state index in [0.717, 1.165) is 36.3 Å². The van der Waals surface area contributed by atoms with E-state index in [1.807, 2.05) is 0 Å². The number of halogens is 3. The minimum absolute atomic E-state index is 0.0961. The maximum Gasteiger partial charge on any atom is 0.417 e. The van der Waals surface area contributed by atoms with Gasteiger partial charge in [-0.3, -0.25) is 24.8 Å². The lowest BCUT2D eigenvalue weighted by Gasteiger charge is -2.33. The highest BCUT2D eigenvalue weighted by Crippen LogP contribution is 2.36. The third-order valence-electron chi connectivity index (χ3n) is 7.78. The van der Waals surface area contributed by atoms with Crippen LogP contribution in [0.2, 0.25) is 0 Å². The summed E-state index contributed by atoms with van der Waals surface area (Å²) in [5.74, 6) is 0.0197. The van der Waals surface area contributed by atoms with Gasteiger partial charge in [0.05, 0.1) is 12.1 Å². The normalized spacial score (nSPS) is 22.1. The van der Waals surface area contributed by atoms with E-state index in [4.69, 9.17) is 4.99 Å². The fourth-order valence-electron chi connectivity index (χ4n) is 5.41. The van der Waals surface area contributed by atoms with Crippen molar-refractivity contribution in [1.29, 1.82) is 0 Å². The molecule has 2 atom stereocenters. The average Bonchev–Trinajstić information content (AvgIpc) is 3.43. The zero-order valence-electron chi connectivity index (χ0n) is 23.2. The molecule has 226 valence electrons. The van der Waals surface area contributed by atoms with Crippen molar-refractivity contribution in [2.24, 2.45) is 4.99 Å². The van der Waals surface area contributed by atoms with Crippen LogP contribution in [0.4, 0.5) is 18.9 Å². The van der Waals surface area contributed by atoms with Crippen molar-refractivity contribution in [3.05, 3.63) is 34.7 Å². The number of piperidine rings is 1. The maximum atomic E-state index is 13.8. The van der Waals surface area contributed by atoms with E-state index < -0.39 is 40.5 Å². The molecule has 1 aromatic rings. The molecule has 1 aromatic carbocycles. The van der Waals surface area contributed by atoms with Crippen LogP contribution in [0.25, 0.3) is 6.08 Å². The summed E-state index contributed by atoms with van der Waals surface area (Å²) in [5.41, 5.74) is -2.20. The number of nitrogens with zero attached hydrogens (tertiary/aromatic N) is 3. The third-order valence-corrected chi connectivity index (χ3v) is 9.03. The Morgan fingerprint density at radius 2 is 1.80 bits per heavy atom. The summed E-state index contributed by atoms with van der Waals surface area (Å²) in [4.78, 5) is 30.3. The molecular formula is C28H38F3N5O4S. The predicted octanol–water partition coefficient (Wildman–Crippen LogP) is 4.06. The molecule has 41 heavy (non-hydrogen) atoms.